The van der Waals surface area contributed by atoms with Crippen molar-refractivity contribution in [3.63, 3.8) is 0 Å². The molecule has 2 heterocycles. The van der Waals surface area contributed by atoms with Gasteiger partial charge in [-0.1, -0.05) is 0 Å². The van der Waals surface area contributed by atoms with Gasteiger partial charge in [-0.05, 0) is 24.3 Å². The summed E-state index contributed by atoms with van der Waals surface area (Å²) in [5.74, 6) is 0. The molecule has 5 heteroatoms. The number of fused-ring (bicyclic) bond motifs is 5. The molecular formula is C11H6N4S. The summed E-state index contributed by atoms with van der Waals surface area (Å²) in [5.41, 5.74) is 1.92. The standard InChI is InChI=1S/C11H6N4S/c1-3-8-10(13-5-12-8)6-2-4-9-11(7(1)6)15-16-14-9/h1-4H,5H2. The molecule has 4 nitrogen and oxygen atoms in total. The van der Waals surface area contributed by atoms with Gasteiger partial charge in [0.2, 0.25) is 0 Å². The predicted molar refractivity (Wildman–Crippen MR) is 62.1 cm³/mol. The Morgan fingerprint density at radius 3 is 2.88 bits per heavy atom. The average molecular weight is 226 g/mol. The summed E-state index contributed by atoms with van der Waals surface area (Å²) in [6.45, 7) is 0.543. The summed E-state index contributed by atoms with van der Waals surface area (Å²) in [6.07, 6.45) is 0. The smallest absolute Gasteiger partial charge is 0.130 e. The van der Waals surface area contributed by atoms with Crippen LogP contribution in [-0.2, 0) is 0 Å². The molecule has 2 aromatic carbocycles. The zero-order chi connectivity index (χ0) is 10.5. The highest BCUT2D eigenvalue weighted by Gasteiger charge is 2.07. The highest BCUT2D eigenvalue weighted by atomic mass is 32.1. The number of aromatic nitrogens is 2. The lowest BCUT2D eigenvalue weighted by Gasteiger charge is -1.96. The molecule has 0 fully saturated rings. The van der Waals surface area contributed by atoms with Crippen LogP contribution in [0.1, 0.15) is 0 Å². The van der Waals surface area contributed by atoms with Crippen molar-refractivity contribution >= 4 is 33.5 Å². The van der Waals surface area contributed by atoms with Gasteiger partial charge in [0.1, 0.15) is 17.7 Å². The van der Waals surface area contributed by atoms with Gasteiger partial charge in [0.15, 0.2) is 0 Å². The molecule has 1 aliphatic rings. The van der Waals surface area contributed by atoms with Gasteiger partial charge in [-0.3, -0.25) is 9.98 Å². The number of benzene rings is 2. The van der Waals surface area contributed by atoms with E-state index in [9.17, 15) is 0 Å². The Morgan fingerprint density at radius 1 is 0.938 bits per heavy atom. The van der Waals surface area contributed by atoms with Crippen LogP contribution in [0.15, 0.2) is 34.3 Å². The molecule has 0 N–H and O–H groups in total. The van der Waals surface area contributed by atoms with Crippen molar-refractivity contribution in [1.29, 1.82) is 0 Å². The van der Waals surface area contributed by atoms with Crippen molar-refractivity contribution in [2.75, 3.05) is 6.67 Å². The second-order valence-corrected chi connectivity index (χ2v) is 4.21. The van der Waals surface area contributed by atoms with Crippen LogP contribution in [0.5, 0.6) is 0 Å². The predicted octanol–water partition coefficient (Wildman–Crippen LogP) is 1.05. The van der Waals surface area contributed by atoms with E-state index in [1.54, 1.807) is 0 Å². The molecule has 0 radical (unpaired) electrons. The summed E-state index contributed by atoms with van der Waals surface area (Å²) >= 11 is 1.25. The summed E-state index contributed by atoms with van der Waals surface area (Å²) in [6, 6.07) is 8.12. The minimum absolute atomic E-state index is 0.543. The maximum atomic E-state index is 4.41. The molecule has 1 aliphatic heterocycles. The Bertz CT molecular complexity index is 834. The van der Waals surface area contributed by atoms with E-state index in [0.29, 0.717) is 6.67 Å². The Hall–Kier alpha value is -1.88. The third-order valence-electron chi connectivity index (χ3n) is 2.84. The van der Waals surface area contributed by atoms with E-state index in [2.05, 4.69) is 30.9 Å². The summed E-state index contributed by atoms with van der Waals surface area (Å²) in [4.78, 5) is 8.72. The summed E-state index contributed by atoms with van der Waals surface area (Å²) in [7, 11) is 0. The molecule has 0 atom stereocenters. The van der Waals surface area contributed by atoms with E-state index in [4.69, 9.17) is 0 Å². The Labute approximate surface area is 94.3 Å². The van der Waals surface area contributed by atoms with Crippen LogP contribution < -0.4 is 10.7 Å². The first-order valence-electron chi connectivity index (χ1n) is 4.96. The van der Waals surface area contributed by atoms with Gasteiger partial charge in [-0.25, -0.2) is 0 Å². The maximum Gasteiger partial charge on any atom is 0.130 e. The van der Waals surface area contributed by atoms with E-state index < -0.39 is 0 Å². The van der Waals surface area contributed by atoms with Gasteiger partial charge >= 0.3 is 0 Å². The molecule has 76 valence electrons. The van der Waals surface area contributed by atoms with Gasteiger partial charge in [0.25, 0.3) is 0 Å². The number of nitrogens with zero attached hydrogens (tertiary/aromatic N) is 4. The molecule has 0 aliphatic carbocycles. The molecule has 0 spiro atoms. The topological polar surface area (TPSA) is 50.5 Å². The normalized spacial score (nSPS) is 13.8. The Balaban J connectivity index is 2.39. The average Bonchev–Trinajstić information content (AvgIpc) is 2.96. The number of hydrogen-bond acceptors (Lipinski definition) is 5. The third kappa shape index (κ3) is 0.931. The molecule has 0 bridgehead atoms. The molecule has 0 saturated heterocycles. The van der Waals surface area contributed by atoms with E-state index in [1.807, 2.05) is 12.1 Å². The molecule has 3 aromatic rings. The first-order chi connectivity index (χ1) is 7.93. The zero-order valence-corrected chi connectivity index (χ0v) is 9.03. The van der Waals surface area contributed by atoms with Gasteiger partial charge in [-0.15, -0.1) is 0 Å². The lowest BCUT2D eigenvalue weighted by atomic mass is 10.1. The number of hydrogen-bond donors (Lipinski definition) is 0. The fourth-order valence-corrected chi connectivity index (χ4v) is 2.65. The van der Waals surface area contributed by atoms with E-state index >= 15 is 0 Å². The van der Waals surface area contributed by atoms with Crippen LogP contribution in [0.4, 0.5) is 0 Å². The largest absolute Gasteiger partial charge is 0.260 e. The Kier molecular flexibility index (Phi) is 1.46. The molecule has 1 aromatic heterocycles. The summed E-state index contributed by atoms with van der Waals surface area (Å²) < 4.78 is 8.57. The van der Waals surface area contributed by atoms with Crippen LogP contribution in [-0.4, -0.2) is 15.4 Å². The highest BCUT2D eigenvalue weighted by Crippen LogP contribution is 2.20. The second kappa shape index (κ2) is 2.82. The van der Waals surface area contributed by atoms with Crippen LogP contribution in [0.2, 0.25) is 0 Å². The number of rotatable bonds is 0. The molecule has 0 saturated carbocycles. The van der Waals surface area contributed by atoms with Crippen LogP contribution in [0.25, 0.3) is 21.8 Å². The van der Waals surface area contributed by atoms with Gasteiger partial charge in [-0.2, -0.15) is 8.75 Å². The Morgan fingerprint density at radius 2 is 1.88 bits per heavy atom. The lowest BCUT2D eigenvalue weighted by molar-refractivity contribution is 1.06. The van der Waals surface area contributed by atoms with E-state index in [0.717, 1.165) is 32.5 Å². The first-order valence-corrected chi connectivity index (χ1v) is 5.69. The van der Waals surface area contributed by atoms with E-state index in [1.165, 1.54) is 11.7 Å². The van der Waals surface area contributed by atoms with Crippen LogP contribution in [0.3, 0.4) is 0 Å². The van der Waals surface area contributed by atoms with Crippen molar-refractivity contribution in [3.8, 4) is 0 Å². The van der Waals surface area contributed by atoms with Crippen molar-refractivity contribution in [1.82, 2.24) is 8.75 Å². The molecule has 0 unspecified atom stereocenters. The van der Waals surface area contributed by atoms with Crippen LogP contribution in [0, 0.1) is 0 Å². The van der Waals surface area contributed by atoms with Crippen molar-refractivity contribution in [2.24, 2.45) is 9.98 Å². The van der Waals surface area contributed by atoms with Crippen LogP contribution >= 0.6 is 11.7 Å². The fraction of sp³-hybridized carbons (Fsp3) is 0.0909. The molecule has 0 amide bonds. The monoisotopic (exact) mass is 226 g/mol. The first kappa shape index (κ1) is 8.29. The molecule has 16 heavy (non-hydrogen) atoms. The van der Waals surface area contributed by atoms with Crippen molar-refractivity contribution in [3.05, 3.63) is 35.0 Å². The SMILES string of the molecule is c1cc2c(ccc3nsnc32)c2c1=NCN=2. The van der Waals surface area contributed by atoms with Gasteiger partial charge < -0.3 is 0 Å². The van der Waals surface area contributed by atoms with Crippen molar-refractivity contribution in [2.45, 2.75) is 0 Å². The third-order valence-corrected chi connectivity index (χ3v) is 3.39. The second-order valence-electron chi connectivity index (χ2n) is 3.68. The fourth-order valence-electron chi connectivity index (χ4n) is 2.10. The van der Waals surface area contributed by atoms with Gasteiger partial charge in [0.05, 0.1) is 22.4 Å². The van der Waals surface area contributed by atoms with Crippen molar-refractivity contribution < 1.29 is 0 Å². The minimum atomic E-state index is 0.543. The zero-order valence-electron chi connectivity index (χ0n) is 8.21. The quantitative estimate of drug-likeness (QED) is 0.575. The molecular weight excluding hydrogens is 220 g/mol. The summed E-state index contributed by atoms with van der Waals surface area (Å²) in [5, 5.41) is 4.22. The minimum Gasteiger partial charge on any atom is -0.260 e. The lowest BCUT2D eigenvalue weighted by Crippen LogP contribution is -2.21. The maximum absolute atomic E-state index is 4.41. The molecule has 4 rings (SSSR count). The van der Waals surface area contributed by atoms with Gasteiger partial charge in [0, 0.05) is 10.8 Å². The highest BCUT2D eigenvalue weighted by molar-refractivity contribution is 7.00. The van der Waals surface area contributed by atoms with E-state index in [-0.39, 0.29) is 0 Å².